The molecular weight excluding hydrogens is 300 g/mol. The highest BCUT2D eigenvalue weighted by Gasteiger charge is 2.51. The van der Waals surface area contributed by atoms with Crippen LogP contribution in [0, 0.1) is 0 Å². The Hall–Kier alpha value is -1.09. The molecule has 3 N–H and O–H groups in total. The van der Waals surface area contributed by atoms with E-state index in [4.69, 9.17) is 17.3 Å². The van der Waals surface area contributed by atoms with Crippen molar-refractivity contribution in [2.45, 2.75) is 22.8 Å². The van der Waals surface area contributed by atoms with Crippen LogP contribution in [0.4, 0.5) is 0 Å². The first-order chi connectivity index (χ1) is 10.5. The van der Waals surface area contributed by atoms with E-state index in [-0.39, 0.29) is 22.3 Å². The number of halogens is 1. The maximum atomic E-state index is 12.3. The fourth-order valence-electron chi connectivity index (χ4n) is 4.15. The van der Waals surface area contributed by atoms with Crippen molar-refractivity contribution in [1.82, 2.24) is 4.98 Å². The van der Waals surface area contributed by atoms with E-state index in [0.29, 0.717) is 0 Å². The summed E-state index contributed by atoms with van der Waals surface area (Å²) >= 11 is 6.48. The van der Waals surface area contributed by atoms with Crippen molar-refractivity contribution in [3.05, 3.63) is 22.3 Å². The average Bonchev–Trinajstić information content (AvgIpc) is 2.72. The molecule has 0 radical (unpaired) electrons. The number of nitrogens with one attached hydrogen (secondary N) is 1. The molecule has 10 heteroatoms. The molecule has 112 valence electrons. The smallest absolute Gasteiger partial charge is 0.225 e. The van der Waals surface area contributed by atoms with Crippen LogP contribution >= 0.6 is 11.6 Å². The number of hydrogen-bond acceptors (Lipinski definition) is 1. The molecule has 1 aromatic carbocycles. The quantitative estimate of drug-likeness (QED) is 0.510. The number of aromatic nitrogens is 1. The second-order valence-corrected chi connectivity index (χ2v) is 8.57. The van der Waals surface area contributed by atoms with E-state index in [1.165, 1.54) is 5.56 Å². The Morgan fingerprint density at radius 2 is 1.91 bits per heavy atom. The molecular formula is C13H19B6ClN2O. The van der Waals surface area contributed by atoms with E-state index in [2.05, 4.69) is 50.3 Å². The predicted octanol–water partition coefficient (Wildman–Crippen LogP) is -4.77. The van der Waals surface area contributed by atoms with Gasteiger partial charge in [0.25, 0.3) is 0 Å². The van der Waals surface area contributed by atoms with Crippen molar-refractivity contribution in [3.8, 4) is 0 Å². The molecule has 0 fully saturated rings. The average molecular weight is 320 g/mol. The maximum Gasteiger partial charge on any atom is 0.225 e. The van der Waals surface area contributed by atoms with Crippen LogP contribution in [0.15, 0.2) is 6.07 Å². The van der Waals surface area contributed by atoms with Gasteiger partial charge >= 0.3 is 0 Å². The first-order valence-electron chi connectivity index (χ1n) is 8.08. The van der Waals surface area contributed by atoms with E-state index < -0.39 is 0 Å². The molecule has 1 aliphatic rings. The van der Waals surface area contributed by atoms with Crippen LogP contribution in [0.5, 0.6) is 0 Å². The molecule has 3 rings (SSSR count). The Morgan fingerprint density at radius 3 is 2.48 bits per heavy atom. The molecule has 0 spiro atoms. The number of hydrogen-bond donors (Lipinski definition) is 2. The maximum absolute atomic E-state index is 12.3. The molecule has 0 aliphatic heterocycles. The number of nitrogens with two attached hydrogens (primary N) is 1. The molecule has 1 atom stereocenters. The van der Waals surface area contributed by atoms with Gasteiger partial charge in [0.1, 0.15) is 15.7 Å². The SMILES string of the molecule is Bc1cc2[nH]c3c(c2c(B)c1Cl)CC(B)(B)C(B)(B)C3C(N)=O. The molecule has 1 heterocycles. The normalized spacial score (nSPS) is 21.9. The van der Waals surface area contributed by atoms with Crippen molar-refractivity contribution in [2.75, 3.05) is 0 Å². The molecule has 2 aromatic rings. The minimum Gasteiger partial charge on any atom is -0.369 e. The molecule has 3 nitrogen and oxygen atoms in total. The van der Waals surface area contributed by atoms with Crippen LogP contribution in [0.3, 0.4) is 0 Å². The van der Waals surface area contributed by atoms with Crippen LogP contribution in [0.2, 0.25) is 15.5 Å². The lowest BCUT2D eigenvalue weighted by molar-refractivity contribution is -0.120. The molecule has 1 amide bonds. The molecule has 0 bridgehead atoms. The Morgan fingerprint density at radius 1 is 1.30 bits per heavy atom. The minimum atomic E-state index is -0.327. The predicted molar refractivity (Wildman–Crippen MR) is 115 cm³/mol. The number of rotatable bonds is 1. The van der Waals surface area contributed by atoms with Crippen molar-refractivity contribution in [2.24, 2.45) is 5.73 Å². The number of amides is 1. The second-order valence-electron chi connectivity index (χ2n) is 8.19. The highest BCUT2D eigenvalue weighted by Crippen LogP contribution is 2.58. The van der Waals surface area contributed by atoms with Gasteiger partial charge in [0.15, 0.2) is 0 Å². The minimum absolute atomic E-state index is 0.0430. The summed E-state index contributed by atoms with van der Waals surface area (Å²) in [6.45, 7) is 0. The summed E-state index contributed by atoms with van der Waals surface area (Å²) in [6, 6.07) is 2.07. The lowest BCUT2D eigenvalue weighted by Crippen LogP contribution is -2.47. The molecule has 23 heavy (non-hydrogen) atoms. The van der Waals surface area contributed by atoms with Gasteiger partial charge in [-0.15, -0.1) is 0 Å². The Labute approximate surface area is 147 Å². The molecule has 1 aliphatic carbocycles. The third-order valence-corrected chi connectivity index (χ3v) is 6.82. The number of primary amides is 1. The summed E-state index contributed by atoms with van der Waals surface area (Å²) in [6.07, 6.45) is 0.902. The van der Waals surface area contributed by atoms with Crippen molar-refractivity contribution in [3.63, 3.8) is 0 Å². The summed E-state index contributed by atoms with van der Waals surface area (Å²) in [5.41, 5.74) is 11.2. The van der Waals surface area contributed by atoms with Gasteiger partial charge in [-0.1, -0.05) is 33.0 Å². The summed E-state index contributed by atoms with van der Waals surface area (Å²) < 4.78 is 0. The van der Waals surface area contributed by atoms with Gasteiger partial charge < -0.3 is 10.7 Å². The monoisotopic (exact) mass is 320 g/mol. The topological polar surface area (TPSA) is 58.9 Å². The number of carbonyl (C=O) groups excluding carboxylic acids is 1. The molecule has 0 saturated heterocycles. The van der Waals surface area contributed by atoms with Gasteiger partial charge in [0.05, 0.1) is 37.3 Å². The van der Waals surface area contributed by atoms with Gasteiger partial charge in [-0.25, -0.2) is 0 Å². The van der Waals surface area contributed by atoms with Crippen molar-refractivity contribution >= 4 is 86.4 Å². The Balaban J connectivity index is 2.42. The number of fused-ring (bicyclic) bond motifs is 3. The highest BCUT2D eigenvalue weighted by molar-refractivity contribution is 6.57. The van der Waals surface area contributed by atoms with E-state index in [0.717, 1.165) is 39.0 Å². The summed E-state index contributed by atoms with van der Waals surface area (Å²) in [7, 11) is 12.8. The summed E-state index contributed by atoms with van der Waals surface area (Å²) in [5.74, 6) is -0.594. The number of H-pyrrole nitrogens is 1. The molecule has 1 aromatic heterocycles. The standard InChI is InChI=1S/C13H19B6ClN2O/c14-4-1-5-6(8(15)9(4)20)3-2-12(16,17)13(18,19)7(11(21)23)10(3)22-5/h1,7,22H,2,14-19H2,(H2,21,23). The Bertz CT molecular complexity index is 847. The van der Waals surface area contributed by atoms with Gasteiger partial charge in [-0.3, -0.25) is 4.79 Å². The molecule has 0 saturated carbocycles. The first kappa shape index (κ1) is 16.8. The fraction of sp³-hybridized carbons (Fsp3) is 0.308. The number of aromatic amines is 1. The summed E-state index contributed by atoms with van der Waals surface area (Å²) in [5, 5.41) is 1.70. The fourth-order valence-corrected chi connectivity index (χ4v) is 4.30. The van der Waals surface area contributed by atoms with Gasteiger partial charge in [-0.05, 0) is 23.4 Å². The van der Waals surface area contributed by atoms with Crippen molar-refractivity contribution in [1.29, 1.82) is 0 Å². The van der Waals surface area contributed by atoms with Crippen LogP contribution in [0.25, 0.3) is 10.9 Å². The van der Waals surface area contributed by atoms with E-state index in [9.17, 15) is 4.79 Å². The summed E-state index contributed by atoms with van der Waals surface area (Å²) in [4.78, 5) is 15.8. The zero-order valence-electron chi connectivity index (χ0n) is 14.7. The lowest BCUT2D eigenvalue weighted by atomic mass is 9.24. The zero-order chi connectivity index (χ0) is 17.3. The first-order valence-corrected chi connectivity index (χ1v) is 8.46. The third kappa shape index (κ3) is 2.15. The van der Waals surface area contributed by atoms with Crippen molar-refractivity contribution < 1.29 is 4.79 Å². The van der Waals surface area contributed by atoms with Gasteiger partial charge in [-0.2, -0.15) is 0 Å². The van der Waals surface area contributed by atoms with Gasteiger partial charge in [0.2, 0.25) is 5.91 Å². The Kier molecular flexibility index (Phi) is 3.61. The van der Waals surface area contributed by atoms with E-state index in [1.807, 2.05) is 7.85 Å². The van der Waals surface area contributed by atoms with Crippen LogP contribution < -0.4 is 16.7 Å². The van der Waals surface area contributed by atoms with E-state index >= 15 is 0 Å². The van der Waals surface area contributed by atoms with Crippen LogP contribution in [-0.2, 0) is 11.2 Å². The van der Waals surface area contributed by atoms with E-state index in [1.54, 1.807) is 0 Å². The lowest BCUT2D eigenvalue weighted by Gasteiger charge is -2.50. The zero-order valence-corrected chi connectivity index (χ0v) is 15.5. The van der Waals surface area contributed by atoms with Gasteiger partial charge in [0, 0.05) is 16.2 Å². The largest absolute Gasteiger partial charge is 0.369 e. The second kappa shape index (κ2) is 4.95. The van der Waals surface area contributed by atoms with Crippen LogP contribution in [-0.4, -0.2) is 58.0 Å². The molecule has 1 unspecified atom stereocenters. The third-order valence-electron chi connectivity index (χ3n) is 6.23. The van der Waals surface area contributed by atoms with Crippen LogP contribution in [0.1, 0.15) is 17.2 Å². The number of benzene rings is 1. The highest BCUT2D eigenvalue weighted by atomic mass is 35.5. The number of carbonyl (C=O) groups is 1.